The van der Waals surface area contributed by atoms with E-state index in [1.807, 2.05) is 27.8 Å². The lowest BCUT2D eigenvalue weighted by atomic mass is 10.1. The molecule has 6 heteroatoms. The fourth-order valence-corrected chi connectivity index (χ4v) is 1.27. The predicted octanol–water partition coefficient (Wildman–Crippen LogP) is 1.19. The molecule has 92 valence electrons. The molecule has 0 aromatic carbocycles. The van der Waals surface area contributed by atoms with Gasteiger partial charge in [-0.15, -0.1) is 5.10 Å². The van der Waals surface area contributed by atoms with Crippen molar-refractivity contribution < 1.29 is 9.15 Å². The Morgan fingerprint density at radius 2 is 2.12 bits per heavy atom. The van der Waals surface area contributed by atoms with E-state index in [9.17, 15) is 0 Å². The molecule has 6 nitrogen and oxygen atoms in total. The van der Waals surface area contributed by atoms with Crippen LogP contribution in [0.3, 0.4) is 0 Å². The Hall–Kier alpha value is -1.14. The molecule has 0 spiro atoms. The summed E-state index contributed by atoms with van der Waals surface area (Å²) in [7, 11) is 3.50. The van der Waals surface area contributed by atoms with Crippen molar-refractivity contribution in [2.24, 2.45) is 0 Å². The van der Waals surface area contributed by atoms with E-state index in [0.717, 1.165) is 0 Å². The Morgan fingerprint density at radius 3 is 2.69 bits per heavy atom. The molecule has 0 amide bonds. The molecule has 1 aromatic heterocycles. The van der Waals surface area contributed by atoms with Crippen LogP contribution in [0.15, 0.2) is 4.42 Å². The SMILES string of the molecule is CNC(C)c1nnc(NC(C)(C)COC)o1. The second-order valence-electron chi connectivity index (χ2n) is 4.40. The third-order valence-electron chi connectivity index (χ3n) is 2.19. The maximum absolute atomic E-state index is 5.47. The van der Waals surface area contributed by atoms with Gasteiger partial charge in [-0.05, 0) is 27.8 Å². The van der Waals surface area contributed by atoms with E-state index in [0.29, 0.717) is 18.5 Å². The maximum Gasteiger partial charge on any atom is 0.316 e. The average Bonchev–Trinajstić information content (AvgIpc) is 2.64. The summed E-state index contributed by atoms with van der Waals surface area (Å²) in [5, 5.41) is 14.0. The van der Waals surface area contributed by atoms with Gasteiger partial charge in [0.05, 0.1) is 18.2 Å². The Balaban J connectivity index is 2.65. The minimum atomic E-state index is -0.235. The summed E-state index contributed by atoms with van der Waals surface area (Å²) in [5.41, 5.74) is -0.235. The largest absolute Gasteiger partial charge is 0.406 e. The van der Waals surface area contributed by atoms with Crippen molar-refractivity contribution in [3.05, 3.63) is 5.89 Å². The van der Waals surface area contributed by atoms with Gasteiger partial charge in [0.1, 0.15) is 0 Å². The Kier molecular flexibility index (Phi) is 4.26. The highest BCUT2D eigenvalue weighted by Crippen LogP contribution is 2.17. The van der Waals surface area contributed by atoms with Crippen LogP contribution in [0.2, 0.25) is 0 Å². The molecule has 1 aromatic rings. The molecule has 0 aliphatic heterocycles. The van der Waals surface area contributed by atoms with E-state index in [-0.39, 0.29) is 11.6 Å². The molecule has 0 saturated heterocycles. The number of aromatic nitrogens is 2. The van der Waals surface area contributed by atoms with Gasteiger partial charge in [-0.3, -0.25) is 0 Å². The van der Waals surface area contributed by atoms with E-state index in [4.69, 9.17) is 9.15 Å². The Morgan fingerprint density at radius 1 is 1.44 bits per heavy atom. The molecule has 2 N–H and O–H groups in total. The molecule has 0 saturated carbocycles. The van der Waals surface area contributed by atoms with Crippen LogP contribution in [0.4, 0.5) is 6.01 Å². The van der Waals surface area contributed by atoms with Gasteiger partial charge in [0.15, 0.2) is 0 Å². The number of nitrogens with one attached hydrogen (secondary N) is 2. The summed E-state index contributed by atoms with van der Waals surface area (Å²) < 4.78 is 10.6. The van der Waals surface area contributed by atoms with E-state index >= 15 is 0 Å². The average molecular weight is 228 g/mol. The van der Waals surface area contributed by atoms with Gasteiger partial charge in [-0.1, -0.05) is 5.10 Å². The van der Waals surface area contributed by atoms with Crippen LogP contribution in [0, 0.1) is 0 Å². The highest BCUT2D eigenvalue weighted by Gasteiger charge is 2.21. The van der Waals surface area contributed by atoms with Crippen LogP contribution in [0.5, 0.6) is 0 Å². The first-order valence-corrected chi connectivity index (χ1v) is 5.26. The standard InChI is InChI=1S/C10H20N4O2/c1-7(11-4)8-13-14-9(16-8)12-10(2,3)6-15-5/h7,11H,6H2,1-5H3,(H,12,14). The minimum Gasteiger partial charge on any atom is -0.406 e. The van der Waals surface area contributed by atoms with Gasteiger partial charge in [0, 0.05) is 7.11 Å². The molecule has 0 radical (unpaired) electrons. The molecule has 1 heterocycles. The highest BCUT2D eigenvalue weighted by molar-refractivity contribution is 5.23. The van der Waals surface area contributed by atoms with Crippen LogP contribution in [-0.2, 0) is 4.74 Å². The monoisotopic (exact) mass is 228 g/mol. The molecule has 1 rings (SSSR count). The zero-order valence-electron chi connectivity index (χ0n) is 10.5. The van der Waals surface area contributed by atoms with Gasteiger partial charge < -0.3 is 19.8 Å². The first-order chi connectivity index (χ1) is 7.48. The molecule has 1 atom stereocenters. The fraction of sp³-hybridized carbons (Fsp3) is 0.800. The zero-order chi connectivity index (χ0) is 12.2. The lowest BCUT2D eigenvalue weighted by molar-refractivity contribution is 0.156. The third-order valence-corrected chi connectivity index (χ3v) is 2.19. The summed E-state index contributed by atoms with van der Waals surface area (Å²) >= 11 is 0. The number of ether oxygens (including phenoxy) is 1. The van der Waals surface area contributed by atoms with Crippen LogP contribution >= 0.6 is 0 Å². The maximum atomic E-state index is 5.47. The zero-order valence-corrected chi connectivity index (χ0v) is 10.5. The van der Waals surface area contributed by atoms with Crippen LogP contribution in [0.25, 0.3) is 0 Å². The molecule has 0 fully saturated rings. The number of hydrogen-bond donors (Lipinski definition) is 2. The molecular formula is C10H20N4O2. The second kappa shape index (κ2) is 5.27. The van der Waals surface area contributed by atoms with Gasteiger partial charge in [0.25, 0.3) is 0 Å². The van der Waals surface area contributed by atoms with Gasteiger partial charge in [-0.2, -0.15) is 0 Å². The van der Waals surface area contributed by atoms with Crippen LogP contribution < -0.4 is 10.6 Å². The van der Waals surface area contributed by atoms with Gasteiger partial charge >= 0.3 is 6.01 Å². The van der Waals surface area contributed by atoms with Crippen molar-refractivity contribution >= 4 is 6.01 Å². The molecular weight excluding hydrogens is 208 g/mol. The van der Waals surface area contributed by atoms with Gasteiger partial charge in [-0.25, -0.2) is 0 Å². The van der Waals surface area contributed by atoms with Gasteiger partial charge in [0.2, 0.25) is 5.89 Å². The summed E-state index contributed by atoms with van der Waals surface area (Å²) in [6, 6.07) is 0.465. The number of anilines is 1. The Labute approximate surface area is 95.8 Å². The molecule has 0 bridgehead atoms. The minimum absolute atomic E-state index is 0.0496. The predicted molar refractivity (Wildman–Crippen MR) is 61.4 cm³/mol. The third kappa shape index (κ3) is 3.46. The number of nitrogens with zero attached hydrogens (tertiary/aromatic N) is 2. The molecule has 1 unspecified atom stereocenters. The smallest absolute Gasteiger partial charge is 0.316 e. The lowest BCUT2D eigenvalue weighted by Crippen LogP contribution is -2.36. The summed E-state index contributed by atoms with van der Waals surface area (Å²) in [6.45, 7) is 6.52. The van der Waals surface area contributed by atoms with Crippen molar-refractivity contribution in [2.75, 3.05) is 26.1 Å². The normalized spacial score (nSPS) is 13.8. The number of hydrogen-bond acceptors (Lipinski definition) is 6. The summed E-state index contributed by atoms with van der Waals surface area (Å²) in [5.74, 6) is 0.568. The number of rotatable bonds is 6. The van der Waals surface area contributed by atoms with E-state index in [2.05, 4.69) is 20.8 Å². The van der Waals surface area contributed by atoms with Crippen LogP contribution in [-0.4, -0.2) is 36.5 Å². The molecule has 0 aliphatic carbocycles. The van der Waals surface area contributed by atoms with E-state index in [1.165, 1.54) is 0 Å². The first kappa shape index (κ1) is 12.9. The summed E-state index contributed by atoms with van der Waals surface area (Å²) in [4.78, 5) is 0. The first-order valence-electron chi connectivity index (χ1n) is 5.26. The fourth-order valence-electron chi connectivity index (χ4n) is 1.27. The Bertz CT molecular complexity index is 324. The lowest BCUT2D eigenvalue weighted by Gasteiger charge is -2.23. The quantitative estimate of drug-likeness (QED) is 0.762. The van der Waals surface area contributed by atoms with Crippen molar-refractivity contribution in [3.63, 3.8) is 0 Å². The summed E-state index contributed by atoms with van der Waals surface area (Å²) in [6.07, 6.45) is 0. The molecule has 0 aliphatic rings. The molecule has 16 heavy (non-hydrogen) atoms. The number of methoxy groups -OCH3 is 1. The highest BCUT2D eigenvalue weighted by atomic mass is 16.5. The van der Waals surface area contributed by atoms with Crippen LogP contribution in [0.1, 0.15) is 32.7 Å². The van der Waals surface area contributed by atoms with E-state index < -0.39 is 0 Å². The second-order valence-corrected chi connectivity index (χ2v) is 4.40. The van der Waals surface area contributed by atoms with Crippen molar-refractivity contribution in [1.82, 2.24) is 15.5 Å². The topological polar surface area (TPSA) is 72.2 Å². The van der Waals surface area contributed by atoms with E-state index in [1.54, 1.807) is 7.11 Å². The van der Waals surface area contributed by atoms with Crippen molar-refractivity contribution in [2.45, 2.75) is 32.4 Å². The van der Waals surface area contributed by atoms with Crippen molar-refractivity contribution in [3.8, 4) is 0 Å². The van der Waals surface area contributed by atoms with Crippen molar-refractivity contribution in [1.29, 1.82) is 0 Å².